The summed E-state index contributed by atoms with van der Waals surface area (Å²) in [7, 11) is 0. The molecule has 0 amide bonds. The largest absolute Gasteiger partial charge is 0.455 e. The van der Waals surface area contributed by atoms with E-state index in [1.165, 1.54) is 31.3 Å². The zero-order valence-electron chi connectivity index (χ0n) is 26.7. The lowest BCUT2D eigenvalue weighted by Gasteiger charge is -2.10. The smallest absolute Gasteiger partial charge is 0.167 e. The van der Waals surface area contributed by atoms with Crippen molar-refractivity contribution in [3.8, 4) is 56.4 Å². The summed E-state index contributed by atoms with van der Waals surface area (Å²) in [5, 5.41) is 4.58. The number of aromatic nitrogens is 3. The molecule has 0 aliphatic carbocycles. The first-order valence-corrected chi connectivity index (χ1v) is 17.4. The number of hydrogen-bond acceptors (Lipinski definition) is 5. The van der Waals surface area contributed by atoms with Crippen LogP contribution in [0.5, 0.6) is 0 Å². The zero-order valence-corrected chi connectivity index (χ0v) is 27.6. The second kappa shape index (κ2) is 11.6. The molecule has 5 heteroatoms. The Morgan fingerprint density at radius 3 is 1.80 bits per heavy atom. The average Bonchev–Trinajstić information content (AvgIpc) is 3.77. The molecule has 50 heavy (non-hydrogen) atoms. The van der Waals surface area contributed by atoms with Gasteiger partial charge >= 0.3 is 0 Å². The Labute approximate surface area is 292 Å². The van der Waals surface area contributed by atoms with E-state index in [4.69, 9.17) is 19.4 Å². The minimum absolute atomic E-state index is 0.572. The Kier molecular flexibility index (Phi) is 6.64. The predicted octanol–water partition coefficient (Wildman–Crippen LogP) is 12.5. The molecule has 0 spiro atoms. The molecule has 0 aliphatic heterocycles. The van der Waals surface area contributed by atoms with Crippen LogP contribution in [-0.2, 0) is 0 Å². The normalized spacial score (nSPS) is 11.6. The zero-order chi connectivity index (χ0) is 33.0. The summed E-state index contributed by atoms with van der Waals surface area (Å²) in [4.78, 5) is 15.4. The van der Waals surface area contributed by atoms with Crippen LogP contribution < -0.4 is 0 Å². The van der Waals surface area contributed by atoms with Gasteiger partial charge < -0.3 is 4.42 Å². The van der Waals surface area contributed by atoms with Gasteiger partial charge in [-0.15, -0.1) is 11.3 Å². The summed E-state index contributed by atoms with van der Waals surface area (Å²) < 4.78 is 8.91. The van der Waals surface area contributed by atoms with Crippen molar-refractivity contribution >= 4 is 53.4 Å². The van der Waals surface area contributed by atoms with Crippen LogP contribution in [0.2, 0.25) is 0 Å². The Bertz CT molecular complexity index is 2870. The van der Waals surface area contributed by atoms with E-state index in [2.05, 4.69) is 127 Å². The topological polar surface area (TPSA) is 51.8 Å². The summed E-state index contributed by atoms with van der Waals surface area (Å²) in [5.74, 6) is 1.80. The van der Waals surface area contributed by atoms with Gasteiger partial charge in [-0.2, -0.15) is 0 Å². The van der Waals surface area contributed by atoms with Gasteiger partial charge in [-0.1, -0.05) is 140 Å². The van der Waals surface area contributed by atoms with E-state index in [0.29, 0.717) is 17.5 Å². The molecule has 7 aromatic carbocycles. The molecule has 0 saturated carbocycles. The fourth-order valence-electron chi connectivity index (χ4n) is 6.93. The van der Waals surface area contributed by atoms with E-state index in [9.17, 15) is 0 Å². The number of rotatable bonds is 5. The number of nitrogens with zero attached hydrogens (tertiary/aromatic N) is 3. The molecular weight excluding hydrogens is 631 g/mol. The Morgan fingerprint density at radius 2 is 0.980 bits per heavy atom. The average molecular weight is 658 g/mol. The van der Waals surface area contributed by atoms with Crippen molar-refractivity contribution < 1.29 is 4.42 Å². The maximum Gasteiger partial charge on any atom is 0.167 e. The van der Waals surface area contributed by atoms with E-state index in [-0.39, 0.29) is 0 Å². The van der Waals surface area contributed by atoms with Gasteiger partial charge in [0.1, 0.15) is 11.2 Å². The van der Waals surface area contributed by atoms with Gasteiger partial charge in [0.15, 0.2) is 17.5 Å². The summed E-state index contributed by atoms with van der Waals surface area (Å²) >= 11 is 1.81. The predicted molar refractivity (Wildman–Crippen MR) is 207 cm³/mol. The highest BCUT2D eigenvalue weighted by Crippen LogP contribution is 2.42. The van der Waals surface area contributed by atoms with Gasteiger partial charge in [-0.3, -0.25) is 0 Å². The minimum Gasteiger partial charge on any atom is -0.455 e. The van der Waals surface area contributed by atoms with Crippen molar-refractivity contribution in [1.29, 1.82) is 0 Å². The number of benzene rings is 7. The number of thiophene rings is 1. The van der Waals surface area contributed by atoms with Crippen LogP contribution in [0.15, 0.2) is 168 Å². The van der Waals surface area contributed by atoms with Gasteiger partial charge in [0.2, 0.25) is 0 Å². The van der Waals surface area contributed by atoms with Gasteiger partial charge in [-0.25, -0.2) is 15.0 Å². The lowest BCUT2D eigenvalue weighted by molar-refractivity contribution is 0.669. The maximum absolute atomic E-state index is 6.45. The number of para-hydroxylation sites is 2. The van der Waals surface area contributed by atoms with Crippen LogP contribution >= 0.6 is 11.3 Å². The number of fused-ring (bicyclic) bond motifs is 6. The van der Waals surface area contributed by atoms with E-state index >= 15 is 0 Å². The first kappa shape index (κ1) is 28.6. The summed E-state index contributed by atoms with van der Waals surface area (Å²) in [5.41, 5.74) is 9.00. The quantitative estimate of drug-likeness (QED) is 0.185. The first-order chi connectivity index (χ1) is 24.8. The van der Waals surface area contributed by atoms with Crippen LogP contribution in [0.3, 0.4) is 0 Å². The van der Waals surface area contributed by atoms with Crippen molar-refractivity contribution in [2.75, 3.05) is 0 Å². The monoisotopic (exact) mass is 657 g/mol. The van der Waals surface area contributed by atoms with Crippen LogP contribution in [-0.4, -0.2) is 15.0 Å². The molecule has 3 aromatic heterocycles. The molecule has 234 valence electrons. The van der Waals surface area contributed by atoms with Gasteiger partial charge in [0.05, 0.1) is 5.56 Å². The van der Waals surface area contributed by atoms with Crippen molar-refractivity contribution in [2.45, 2.75) is 0 Å². The molecule has 0 bridgehead atoms. The molecule has 0 radical (unpaired) electrons. The number of furan rings is 1. The Hall–Kier alpha value is -6.43. The van der Waals surface area contributed by atoms with Crippen LogP contribution in [0.1, 0.15) is 0 Å². The summed E-state index contributed by atoms with van der Waals surface area (Å²) in [6.07, 6.45) is 0. The molecular formula is C45H27N3OS. The standard InChI is InChI=1S/C45H27N3OS/c1-3-12-28(13-4-1)30-16-9-17-31(26-30)43-46-44(48-45(47-43)38-22-11-20-36-34-18-7-8-23-39(34)49-41(36)38)32-24-25-35-37-21-10-19-33(29-14-5-2-6-15-29)42(37)50-40(35)27-32/h1-27H. The minimum atomic E-state index is 0.572. The molecule has 10 rings (SSSR count). The van der Waals surface area contributed by atoms with Crippen LogP contribution in [0.4, 0.5) is 0 Å². The van der Waals surface area contributed by atoms with E-state index < -0.39 is 0 Å². The van der Waals surface area contributed by atoms with Crippen molar-refractivity contribution in [3.05, 3.63) is 164 Å². The van der Waals surface area contributed by atoms with Crippen molar-refractivity contribution in [1.82, 2.24) is 15.0 Å². The molecule has 0 atom stereocenters. The van der Waals surface area contributed by atoms with Gasteiger partial charge in [0, 0.05) is 42.1 Å². The molecule has 0 fully saturated rings. The van der Waals surface area contributed by atoms with Gasteiger partial charge in [0.25, 0.3) is 0 Å². The molecule has 10 aromatic rings. The Morgan fingerprint density at radius 1 is 0.380 bits per heavy atom. The molecule has 0 N–H and O–H groups in total. The lowest BCUT2D eigenvalue weighted by atomic mass is 10.0. The maximum atomic E-state index is 6.45. The van der Waals surface area contributed by atoms with Crippen molar-refractivity contribution in [3.63, 3.8) is 0 Å². The van der Waals surface area contributed by atoms with Crippen LogP contribution in [0, 0.1) is 0 Å². The summed E-state index contributed by atoms with van der Waals surface area (Å²) in [6, 6.07) is 56.8. The SMILES string of the molecule is c1ccc(-c2cccc(-c3nc(-c4ccc5c(c4)sc4c(-c6ccccc6)cccc45)nc(-c4cccc5c4oc4ccccc45)n3)c2)cc1. The first-order valence-electron chi connectivity index (χ1n) is 16.6. The van der Waals surface area contributed by atoms with E-state index in [0.717, 1.165) is 49.8 Å². The molecule has 0 saturated heterocycles. The third-order valence-electron chi connectivity index (χ3n) is 9.35. The fraction of sp³-hybridized carbons (Fsp3) is 0. The molecule has 3 heterocycles. The molecule has 4 nitrogen and oxygen atoms in total. The third-order valence-corrected chi connectivity index (χ3v) is 10.6. The highest BCUT2D eigenvalue weighted by Gasteiger charge is 2.19. The van der Waals surface area contributed by atoms with Crippen molar-refractivity contribution in [2.24, 2.45) is 0 Å². The van der Waals surface area contributed by atoms with Crippen LogP contribution in [0.25, 0.3) is 98.5 Å². The second-order valence-corrected chi connectivity index (χ2v) is 13.4. The molecule has 0 unspecified atom stereocenters. The van der Waals surface area contributed by atoms with Gasteiger partial charge in [-0.05, 0) is 46.5 Å². The third kappa shape index (κ3) is 4.79. The second-order valence-electron chi connectivity index (χ2n) is 12.4. The fourth-order valence-corrected chi connectivity index (χ4v) is 8.21. The van der Waals surface area contributed by atoms with E-state index in [1.807, 2.05) is 47.7 Å². The summed E-state index contributed by atoms with van der Waals surface area (Å²) in [6.45, 7) is 0. The highest BCUT2D eigenvalue weighted by atomic mass is 32.1. The molecule has 0 aliphatic rings. The number of hydrogen-bond donors (Lipinski definition) is 0. The lowest BCUT2D eigenvalue weighted by Crippen LogP contribution is -2.00. The highest BCUT2D eigenvalue weighted by molar-refractivity contribution is 7.26. The van der Waals surface area contributed by atoms with E-state index in [1.54, 1.807) is 0 Å². The Balaban J connectivity index is 1.18.